The molecule has 4 heteroatoms. The van der Waals surface area contributed by atoms with Gasteiger partial charge in [0.25, 0.3) is 5.56 Å². The van der Waals surface area contributed by atoms with E-state index in [1.54, 1.807) is 6.07 Å². The molecule has 2 saturated carbocycles. The first-order valence-electron chi connectivity index (χ1n) is 5.19. The zero-order chi connectivity index (χ0) is 9.54. The summed E-state index contributed by atoms with van der Waals surface area (Å²) in [6, 6.07) is 2.16. The number of nitrogens with one attached hydrogen (secondary N) is 2. The maximum atomic E-state index is 11.3. The van der Waals surface area contributed by atoms with Gasteiger partial charge in [-0.1, -0.05) is 0 Å². The molecule has 0 unspecified atom stereocenters. The van der Waals surface area contributed by atoms with E-state index in [-0.39, 0.29) is 5.56 Å². The molecule has 1 heterocycles. The Labute approximate surface area is 81.8 Å². The van der Waals surface area contributed by atoms with Crippen LogP contribution in [0.1, 0.15) is 37.3 Å². The van der Waals surface area contributed by atoms with Gasteiger partial charge in [0.05, 0.1) is 5.69 Å². The molecule has 0 aromatic carbocycles. The lowest BCUT2D eigenvalue weighted by Crippen LogP contribution is -2.14. The second-order valence-corrected chi connectivity index (χ2v) is 4.21. The third kappa shape index (κ3) is 1.64. The van der Waals surface area contributed by atoms with Gasteiger partial charge in [-0.25, -0.2) is 4.98 Å². The fraction of sp³-hybridized carbons (Fsp3) is 0.600. The summed E-state index contributed by atoms with van der Waals surface area (Å²) in [5.74, 6) is 1.19. The van der Waals surface area contributed by atoms with Crippen molar-refractivity contribution in [2.75, 3.05) is 5.32 Å². The molecule has 1 aromatic heterocycles. The van der Waals surface area contributed by atoms with Gasteiger partial charge in [-0.2, -0.15) is 0 Å². The van der Waals surface area contributed by atoms with Crippen LogP contribution in [-0.4, -0.2) is 16.0 Å². The largest absolute Gasteiger partial charge is 0.353 e. The highest BCUT2D eigenvalue weighted by molar-refractivity contribution is 5.30. The molecule has 2 N–H and O–H groups in total. The van der Waals surface area contributed by atoms with Crippen molar-refractivity contribution in [3.63, 3.8) is 0 Å². The number of H-pyrrole nitrogens is 1. The van der Waals surface area contributed by atoms with Gasteiger partial charge in [0.15, 0.2) is 0 Å². The van der Waals surface area contributed by atoms with Gasteiger partial charge in [-0.3, -0.25) is 9.78 Å². The highest BCUT2D eigenvalue weighted by Gasteiger charge is 2.27. The summed E-state index contributed by atoms with van der Waals surface area (Å²) in [5, 5.41) is 3.21. The molecular formula is C10H13N3O. The average Bonchev–Trinajstić information content (AvgIpc) is 2.99. The zero-order valence-electron chi connectivity index (χ0n) is 7.92. The molecule has 74 valence electrons. The molecule has 2 aliphatic rings. The van der Waals surface area contributed by atoms with Gasteiger partial charge in [0, 0.05) is 18.0 Å². The van der Waals surface area contributed by atoms with Crippen LogP contribution < -0.4 is 10.9 Å². The van der Waals surface area contributed by atoms with Gasteiger partial charge < -0.3 is 5.32 Å². The molecule has 14 heavy (non-hydrogen) atoms. The average molecular weight is 191 g/mol. The number of hydrogen-bond donors (Lipinski definition) is 2. The van der Waals surface area contributed by atoms with Crippen LogP contribution in [0.4, 0.5) is 5.95 Å². The van der Waals surface area contributed by atoms with Crippen molar-refractivity contribution < 1.29 is 0 Å². The molecule has 0 saturated heterocycles. The normalized spacial score (nSPS) is 20.9. The summed E-state index contributed by atoms with van der Waals surface area (Å²) in [6.07, 6.45) is 4.74. The van der Waals surface area contributed by atoms with Crippen molar-refractivity contribution in [3.8, 4) is 0 Å². The molecule has 2 aliphatic carbocycles. The van der Waals surface area contributed by atoms with E-state index in [4.69, 9.17) is 0 Å². The summed E-state index contributed by atoms with van der Waals surface area (Å²) < 4.78 is 0. The summed E-state index contributed by atoms with van der Waals surface area (Å²) in [6.45, 7) is 0. The highest BCUT2D eigenvalue weighted by atomic mass is 16.1. The molecule has 0 atom stereocenters. The molecule has 0 amide bonds. The van der Waals surface area contributed by atoms with E-state index in [2.05, 4.69) is 15.3 Å². The van der Waals surface area contributed by atoms with E-state index in [0.717, 1.165) is 5.69 Å². The molecule has 4 nitrogen and oxygen atoms in total. The SMILES string of the molecule is O=c1cc(C2CC2)nc(NC2CC2)[nH]1. The topological polar surface area (TPSA) is 57.8 Å². The summed E-state index contributed by atoms with van der Waals surface area (Å²) in [5.41, 5.74) is 0.918. The first kappa shape index (κ1) is 8.03. The summed E-state index contributed by atoms with van der Waals surface area (Å²) in [7, 11) is 0. The lowest BCUT2D eigenvalue weighted by molar-refractivity contribution is 0.950. The van der Waals surface area contributed by atoms with Crippen LogP contribution in [0.15, 0.2) is 10.9 Å². The molecule has 3 rings (SSSR count). The fourth-order valence-electron chi connectivity index (χ4n) is 1.55. The second kappa shape index (κ2) is 2.83. The van der Waals surface area contributed by atoms with E-state index in [1.807, 2.05) is 0 Å². The van der Waals surface area contributed by atoms with Crippen molar-refractivity contribution in [2.45, 2.75) is 37.6 Å². The van der Waals surface area contributed by atoms with Crippen LogP contribution in [0.2, 0.25) is 0 Å². The Kier molecular flexibility index (Phi) is 1.63. The number of rotatable bonds is 3. The van der Waals surface area contributed by atoms with E-state index in [1.165, 1.54) is 25.7 Å². The third-order valence-electron chi connectivity index (χ3n) is 2.68. The lowest BCUT2D eigenvalue weighted by atomic mass is 10.3. The quantitative estimate of drug-likeness (QED) is 0.755. The monoisotopic (exact) mass is 191 g/mol. The molecular weight excluding hydrogens is 178 g/mol. The Morgan fingerprint density at radius 2 is 2.14 bits per heavy atom. The highest BCUT2D eigenvalue weighted by Crippen LogP contribution is 2.38. The number of anilines is 1. The standard InChI is InChI=1S/C10H13N3O/c14-9-5-8(6-1-2-6)12-10(13-9)11-7-3-4-7/h5-7H,1-4H2,(H2,11,12,13,14). The Morgan fingerprint density at radius 1 is 1.36 bits per heavy atom. The predicted octanol–water partition coefficient (Wildman–Crippen LogP) is 1.22. The van der Waals surface area contributed by atoms with Crippen LogP contribution in [0, 0.1) is 0 Å². The van der Waals surface area contributed by atoms with E-state index in [0.29, 0.717) is 17.9 Å². The van der Waals surface area contributed by atoms with Crippen LogP contribution in [0.3, 0.4) is 0 Å². The van der Waals surface area contributed by atoms with Crippen molar-refractivity contribution in [3.05, 3.63) is 22.1 Å². The minimum absolute atomic E-state index is 0.0370. The van der Waals surface area contributed by atoms with Crippen LogP contribution in [0.25, 0.3) is 0 Å². The Hall–Kier alpha value is -1.32. The van der Waals surface area contributed by atoms with Gasteiger partial charge in [-0.05, 0) is 25.7 Å². The molecule has 2 fully saturated rings. The summed E-state index contributed by atoms with van der Waals surface area (Å²) in [4.78, 5) is 18.4. The third-order valence-corrected chi connectivity index (χ3v) is 2.68. The number of aromatic amines is 1. The predicted molar refractivity (Wildman–Crippen MR) is 53.5 cm³/mol. The van der Waals surface area contributed by atoms with Crippen LogP contribution >= 0.6 is 0 Å². The Morgan fingerprint density at radius 3 is 2.79 bits per heavy atom. The first-order valence-corrected chi connectivity index (χ1v) is 5.19. The van der Waals surface area contributed by atoms with Crippen molar-refractivity contribution >= 4 is 5.95 Å². The first-order chi connectivity index (χ1) is 6.81. The number of hydrogen-bond acceptors (Lipinski definition) is 3. The van der Waals surface area contributed by atoms with Crippen LogP contribution in [0.5, 0.6) is 0 Å². The van der Waals surface area contributed by atoms with Crippen molar-refractivity contribution in [1.82, 2.24) is 9.97 Å². The molecule has 0 radical (unpaired) electrons. The van der Waals surface area contributed by atoms with E-state index < -0.39 is 0 Å². The van der Waals surface area contributed by atoms with E-state index >= 15 is 0 Å². The number of nitrogens with zero attached hydrogens (tertiary/aromatic N) is 1. The smallest absolute Gasteiger partial charge is 0.252 e. The van der Waals surface area contributed by atoms with Gasteiger partial charge in [-0.15, -0.1) is 0 Å². The maximum absolute atomic E-state index is 11.3. The van der Waals surface area contributed by atoms with Crippen LogP contribution in [-0.2, 0) is 0 Å². The fourth-order valence-corrected chi connectivity index (χ4v) is 1.55. The second-order valence-electron chi connectivity index (χ2n) is 4.21. The Balaban J connectivity index is 1.89. The maximum Gasteiger partial charge on any atom is 0.252 e. The van der Waals surface area contributed by atoms with Gasteiger partial charge >= 0.3 is 0 Å². The van der Waals surface area contributed by atoms with Crippen molar-refractivity contribution in [2.24, 2.45) is 0 Å². The van der Waals surface area contributed by atoms with E-state index in [9.17, 15) is 4.79 Å². The summed E-state index contributed by atoms with van der Waals surface area (Å²) >= 11 is 0. The van der Waals surface area contributed by atoms with Crippen molar-refractivity contribution in [1.29, 1.82) is 0 Å². The minimum Gasteiger partial charge on any atom is -0.353 e. The Bertz CT molecular complexity index is 404. The zero-order valence-corrected chi connectivity index (χ0v) is 7.92. The molecule has 0 bridgehead atoms. The lowest BCUT2D eigenvalue weighted by Gasteiger charge is -2.04. The molecule has 0 aliphatic heterocycles. The minimum atomic E-state index is -0.0370. The van der Waals surface area contributed by atoms with Gasteiger partial charge in [0.2, 0.25) is 5.95 Å². The molecule has 1 aromatic rings. The van der Waals surface area contributed by atoms with Gasteiger partial charge in [0.1, 0.15) is 0 Å². The molecule has 0 spiro atoms. The number of aromatic nitrogens is 2.